The molecule has 5 aromatic rings. The van der Waals surface area contributed by atoms with Crippen LogP contribution in [0.3, 0.4) is 0 Å². The average molecular weight is 351 g/mol. The van der Waals surface area contributed by atoms with Crippen molar-refractivity contribution in [2.75, 3.05) is 5.32 Å². The highest BCUT2D eigenvalue weighted by Crippen LogP contribution is 2.24. The fourth-order valence-electron chi connectivity index (χ4n) is 2.99. The second-order valence-corrected chi connectivity index (χ2v) is 6.17. The van der Waals surface area contributed by atoms with Crippen LogP contribution in [0, 0.1) is 6.20 Å². The molecule has 129 valence electrons. The molecular formula is C21H15N6. The number of aromatic amines is 2. The first-order valence-corrected chi connectivity index (χ1v) is 8.54. The van der Waals surface area contributed by atoms with E-state index in [1.807, 2.05) is 60.8 Å². The van der Waals surface area contributed by atoms with Crippen LogP contribution in [0.1, 0.15) is 0 Å². The van der Waals surface area contributed by atoms with Crippen molar-refractivity contribution in [3.63, 3.8) is 0 Å². The van der Waals surface area contributed by atoms with E-state index in [0.717, 1.165) is 39.1 Å². The van der Waals surface area contributed by atoms with Gasteiger partial charge >= 0.3 is 0 Å². The lowest BCUT2D eigenvalue weighted by Crippen LogP contribution is -1.96. The van der Waals surface area contributed by atoms with Crippen LogP contribution in [0.5, 0.6) is 0 Å². The number of H-pyrrole nitrogens is 2. The van der Waals surface area contributed by atoms with Gasteiger partial charge in [-0.1, -0.05) is 24.3 Å². The van der Waals surface area contributed by atoms with Crippen LogP contribution >= 0.6 is 0 Å². The van der Waals surface area contributed by atoms with Crippen molar-refractivity contribution < 1.29 is 0 Å². The van der Waals surface area contributed by atoms with E-state index in [-0.39, 0.29) is 0 Å². The zero-order valence-electron chi connectivity index (χ0n) is 14.3. The molecular weight excluding hydrogens is 336 g/mol. The molecule has 3 aromatic heterocycles. The van der Waals surface area contributed by atoms with Crippen LogP contribution in [0.4, 0.5) is 11.5 Å². The number of nitrogens with one attached hydrogen (secondary N) is 3. The Morgan fingerprint density at radius 2 is 1.81 bits per heavy atom. The van der Waals surface area contributed by atoms with Gasteiger partial charge in [-0.15, -0.1) is 0 Å². The molecule has 2 aromatic carbocycles. The summed E-state index contributed by atoms with van der Waals surface area (Å²) in [6.07, 6.45) is 8.43. The second-order valence-electron chi connectivity index (χ2n) is 6.17. The summed E-state index contributed by atoms with van der Waals surface area (Å²) >= 11 is 0. The molecule has 3 N–H and O–H groups in total. The monoisotopic (exact) mass is 351 g/mol. The minimum absolute atomic E-state index is 0.673. The van der Waals surface area contributed by atoms with Crippen molar-refractivity contribution >= 4 is 22.4 Å². The number of fused-ring (bicyclic) bond motifs is 1. The summed E-state index contributed by atoms with van der Waals surface area (Å²) in [4.78, 5) is 12.1. The molecule has 27 heavy (non-hydrogen) atoms. The van der Waals surface area contributed by atoms with E-state index in [9.17, 15) is 0 Å². The Morgan fingerprint density at radius 3 is 2.67 bits per heavy atom. The van der Waals surface area contributed by atoms with Gasteiger partial charge < -0.3 is 10.3 Å². The molecule has 0 spiro atoms. The lowest BCUT2D eigenvalue weighted by Gasteiger charge is -2.08. The van der Waals surface area contributed by atoms with Gasteiger partial charge in [0, 0.05) is 40.1 Å². The van der Waals surface area contributed by atoms with Gasteiger partial charge in [0.2, 0.25) is 0 Å². The third-order valence-electron chi connectivity index (χ3n) is 4.39. The molecule has 0 aliphatic rings. The predicted molar refractivity (Wildman–Crippen MR) is 105 cm³/mol. The maximum Gasteiger partial charge on any atom is 0.161 e. The van der Waals surface area contributed by atoms with Crippen LogP contribution in [0.2, 0.25) is 0 Å². The van der Waals surface area contributed by atoms with Gasteiger partial charge in [0.15, 0.2) is 5.82 Å². The molecule has 0 aliphatic carbocycles. The number of anilines is 2. The Labute approximate surface area is 155 Å². The van der Waals surface area contributed by atoms with Gasteiger partial charge in [-0.05, 0) is 35.9 Å². The van der Waals surface area contributed by atoms with E-state index in [1.165, 1.54) is 0 Å². The number of aromatic nitrogens is 5. The van der Waals surface area contributed by atoms with Gasteiger partial charge in [0.25, 0.3) is 0 Å². The summed E-state index contributed by atoms with van der Waals surface area (Å²) in [6, 6.07) is 18.0. The standard InChI is InChI=1S/C21H15N6/c1-2-16(11-19-15(1)7-9-22-19)21-23-10-8-20(27-21)26-18-5-3-14(4-6-18)17-12-24-25-13-17/h1-8,10-13,22H,(H,24,25)(H,23,26,27). The maximum atomic E-state index is 4.64. The van der Waals surface area contributed by atoms with Crippen molar-refractivity contribution in [3.05, 3.63) is 79.4 Å². The summed E-state index contributed by atoms with van der Waals surface area (Å²) in [6.45, 7) is 0. The van der Waals surface area contributed by atoms with Gasteiger partial charge in [-0.25, -0.2) is 9.97 Å². The summed E-state index contributed by atoms with van der Waals surface area (Å²) in [7, 11) is 0. The third-order valence-corrected chi connectivity index (χ3v) is 4.39. The number of benzene rings is 2. The summed E-state index contributed by atoms with van der Waals surface area (Å²) in [5, 5.41) is 11.3. The Bertz CT molecular complexity index is 1190. The first-order valence-electron chi connectivity index (χ1n) is 8.54. The van der Waals surface area contributed by atoms with E-state index < -0.39 is 0 Å². The lowest BCUT2D eigenvalue weighted by atomic mass is 10.1. The second kappa shape index (κ2) is 6.42. The fraction of sp³-hybridized carbons (Fsp3) is 0. The number of hydrogen-bond donors (Lipinski definition) is 3. The van der Waals surface area contributed by atoms with Crippen LogP contribution in [-0.2, 0) is 0 Å². The predicted octanol–water partition coefficient (Wildman–Crippen LogP) is 4.56. The molecule has 0 amide bonds. The van der Waals surface area contributed by atoms with Gasteiger partial charge in [0.05, 0.1) is 12.4 Å². The van der Waals surface area contributed by atoms with E-state index >= 15 is 0 Å². The molecule has 3 heterocycles. The fourth-order valence-corrected chi connectivity index (χ4v) is 2.99. The highest BCUT2D eigenvalue weighted by atomic mass is 15.1. The zero-order valence-corrected chi connectivity index (χ0v) is 14.3. The van der Waals surface area contributed by atoms with Gasteiger partial charge in [-0.2, -0.15) is 5.10 Å². The van der Waals surface area contributed by atoms with Crippen molar-refractivity contribution in [2.45, 2.75) is 0 Å². The molecule has 5 rings (SSSR count). The zero-order chi connectivity index (χ0) is 18.1. The topological polar surface area (TPSA) is 82.3 Å². The Morgan fingerprint density at radius 1 is 0.926 bits per heavy atom. The van der Waals surface area contributed by atoms with Crippen molar-refractivity contribution in [1.82, 2.24) is 25.1 Å². The molecule has 0 aliphatic heterocycles. The van der Waals surface area contributed by atoms with E-state index in [1.54, 1.807) is 12.4 Å². The Kier molecular flexibility index (Phi) is 3.65. The van der Waals surface area contributed by atoms with Gasteiger partial charge in [-0.3, -0.25) is 5.10 Å². The normalized spacial score (nSPS) is 11.0. The smallest absolute Gasteiger partial charge is 0.161 e. The minimum atomic E-state index is 0.673. The molecule has 0 unspecified atom stereocenters. The number of nitrogens with zero attached hydrogens (tertiary/aromatic N) is 3. The van der Waals surface area contributed by atoms with Crippen LogP contribution in [0.15, 0.2) is 73.2 Å². The summed E-state index contributed by atoms with van der Waals surface area (Å²) in [5.41, 5.74) is 5.10. The molecule has 6 heteroatoms. The average Bonchev–Trinajstić information content (AvgIpc) is 3.40. The molecule has 6 nitrogen and oxygen atoms in total. The van der Waals surface area contributed by atoms with Crippen molar-refractivity contribution in [2.24, 2.45) is 0 Å². The van der Waals surface area contributed by atoms with Crippen LogP contribution in [0.25, 0.3) is 33.4 Å². The Hall–Kier alpha value is -3.93. The van der Waals surface area contributed by atoms with Crippen molar-refractivity contribution in [1.29, 1.82) is 0 Å². The van der Waals surface area contributed by atoms with E-state index in [0.29, 0.717) is 5.82 Å². The lowest BCUT2D eigenvalue weighted by molar-refractivity contribution is 1.09. The van der Waals surface area contributed by atoms with Crippen molar-refractivity contribution in [3.8, 4) is 22.5 Å². The highest BCUT2D eigenvalue weighted by molar-refractivity contribution is 5.83. The Balaban J connectivity index is 1.40. The van der Waals surface area contributed by atoms with Crippen LogP contribution in [-0.4, -0.2) is 25.1 Å². The molecule has 0 saturated heterocycles. The van der Waals surface area contributed by atoms with E-state index in [2.05, 4.69) is 36.7 Å². The number of hydrogen-bond acceptors (Lipinski definition) is 4. The third kappa shape index (κ3) is 3.04. The molecule has 0 saturated carbocycles. The number of rotatable bonds is 4. The molecule has 0 atom stereocenters. The molecule has 0 bridgehead atoms. The summed E-state index contributed by atoms with van der Waals surface area (Å²) < 4.78 is 0. The summed E-state index contributed by atoms with van der Waals surface area (Å²) in [5.74, 6) is 1.42. The first-order chi connectivity index (χ1) is 13.3. The minimum Gasteiger partial charge on any atom is -0.353 e. The molecule has 0 fully saturated rings. The highest BCUT2D eigenvalue weighted by Gasteiger charge is 2.06. The van der Waals surface area contributed by atoms with Gasteiger partial charge in [0.1, 0.15) is 5.82 Å². The molecule has 1 radical (unpaired) electrons. The first kappa shape index (κ1) is 15.3. The SMILES string of the molecule is [c]1cc2ccc(-c3nccc(Nc4ccc(-c5cn[nH]c5)cc4)n3)cc2[nH]1. The quantitative estimate of drug-likeness (QED) is 0.443. The van der Waals surface area contributed by atoms with E-state index in [4.69, 9.17) is 0 Å². The largest absolute Gasteiger partial charge is 0.353 e. The van der Waals surface area contributed by atoms with Crippen LogP contribution < -0.4 is 5.32 Å². The maximum absolute atomic E-state index is 4.64.